The van der Waals surface area contributed by atoms with Crippen LogP contribution in [0.4, 0.5) is 0 Å². The predicted molar refractivity (Wildman–Crippen MR) is 128 cm³/mol. The van der Waals surface area contributed by atoms with Crippen molar-refractivity contribution in [1.29, 1.82) is 0 Å². The van der Waals surface area contributed by atoms with Crippen LogP contribution in [0.25, 0.3) is 11.3 Å². The average molecular weight is 472 g/mol. The van der Waals surface area contributed by atoms with Crippen LogP contribution in [0.5, 0.6) is 0 Å². The molecule has 2 aromatic carbocycles. The summed E-state index contributed by atoms with van der Waals surface area (Å²) < 4.78 is 5.36. The Morgan fingerprint density at radius 1 is 1.06 bits per heavy atom. The summed E-state index contributed by atoms with van der Waals surface area (Å²) in [5.74, 6) is 0.230. The van der Waals surface area contributed by atoms with Crippen molar-refractivity contribution < 1.29 is 9.32 Å². The Morgan fingerprint density at radius 3 is 2.28 bits per heavy atom. The van der Waals surface area contributed by atoms with Gasteiger partial charge in [0.2, 0.25) is 0 Å². The second-order valence-electron chi connectivity index (χ2n) is 8.60. The van der Waals surface area contributed by atoms with Gasteiger partial charge in [0.1, 0.15) is 17.0 Å². The fraction of sp³-hybridized carbons (Fsp3) is 0.360. The third kappa shape index (κ3) is 4.17. The summed E-state index contributed by atoms with van der Waals surface area (Å²) in [5.41, 5.74) is 2.56. The highest BCUT2D eigenvalue weighted by atomic mass is 35.5. The molecule has 0 radical (unpaired) electrons. The Balaban J connectivity index is 1.53. The fourth-order valence-corrected chi connectivity index (χ4v) is 5.35. The van der Waals surface area contributed by atoms with E-state index in [2.05, 4.69) is 53.7 Å². The Morgan fingerprint density at radius 2 is 1.69 bits per heavy atom. The highest BCUT2D eigenvalue weighted by Gasteiger charge is 2.39. The first kappa shape index (κ1) is 22.8. The summed E-state index contributed by atoms with van der Waals surface area (Å²) in [7, 11) is 4.26. The van der Waals surface area contributed by atoms with Crippen LogP contribution < -0.4 is 5.32 Å². The molecule has 0 bridgehead atoms. The largest absolute Gasteiger partial charge is 0.360 e. The normalized spacial score (nSPS) is 21.0. The summed E-state index contributed by atoms with van der Waals surface area (Å²) in [6, 6.07) is 15.9. The van der Waals surface area contributed by atoms with E-state index in [-0.39, 0.29) is 17.5 Å². The van der Waals surface area contributed by atoms with Gasteiger partial charge in [-0.25, -0.2) is 0 Å². The minimum absolute atomic E-state index is 0.0220. The monoisotopic (exact) mass is 471 g/mol. The second-order valence-corrected chi connectivity index (χ2v) is 9.41. The van der Waals surface area contributed by atoms with Gasteiger partial charge in [-0.05, 0) is 64.4 Å². The molecule has 5 nitrogen and oxygen atoms in total. The van der Waals surface area contributed by atoms with E-state index in [1.807, 2.05) is 6.07 Å². The van der Waals surface area contributed by atoms with Gasteiger partial charge in [0, 0.05) is 17.1 Å². The molecule has 0 aliphatic heterocycles. The van der Waals surface area contributed by atoms with E-state index < -0.39 is 0 Å². The number of benzene rings is 2. The number of nitrogens with zero attached hydrogens (tertiary/aromatic N) is 2. The van der Waals surface area contributed by atoms with Gasteiger partial charge in [-0.2, -0.15) is 0 Å². The number of hydrogen-bond donors (Lipinski definition) is 1. The third-order valence-corrected chi connectivity index (χ3v) is 7.23. The Kier molecular flexibility index (Phi) is 6.61. The lowest BCUT2D eigenvalue weighted by Gasteiger charge is -2.45. The van der Waals surface area contributed by atoms with Crippen molar-refractivity contribution >= 4 is 29.1 Å². The number of nitrogens with one attached hydrogen (secondary N) is 1. The zero-order valence-corrected chi connectivity index (χ0v) is 20.0. The summed E-state index contributed by atoms with van der Waals surface area (Å²) in [5, 5.41) is 8.15. The van der Waals surface area contributed by atoms with E-state index in [1.54, 1.807) is 25.1 Å². The van der Waals surface area contributed by atoms with Gasteiger partial charge in [-0.15, -0.1) is 0 Å². The molecule has 1 aliphatic carbocycles. The van der Waals surface area contributed by atoms with Crippen LogP contribution in [0.2, 0.25) is 10.0 Å². The van der Waals surface area contributed by atoms with E-state index in [1.165, 1.54) is 5.56 Å². The molecule has 168 valence electrons. The van der Waals surface area contributed by atoms with Gasteiger partial charge in [0.15, 0.2) is 0 Å². The number of hydrogen-bond acceptors (Lipinski definition) is 4. The van der Waals surface area contributed by atoms with Gasteiger partial charge in [0.05, 0.1) is 10.0 Å². The van der Waals surface area contributed by atoms with Crippen molar-refractivity contribution in [1.82, 2.24) is 15.4 Å². The lowest BCUT2D eigenvalue weighted by Crippen LogP contribution is -2.48. The van der Waals surface area contributed by atoms with Gasteiger partial charge >= 0.3 is 0 Å². The topological polar surface area (TPSA) is 58.4 Å². The van der Waals surface area contributed by atoms with E-state index in [0.717, 1.165) is 25.7 Å². The summed E-state index contributed by atoms with van der Waals surface area (Å²) in [4.78, 5) is 15.6. The maximum atomic E-state index is 13.3. The van der Waals surface area contributed by atoms with Crippen LogP contribution >= 0.6 is 23.2 Å². The second kappa shape index (κ2) is 9.26. The van der Waals surface area contributed by atoms with E-state index >= 15 is 0 Å². The number of aryl methyl sites for hydroxylation is 1. The Bertz CT molecular complexity index is 1080. The molecular weight excluding hydrogens is 445 g/mol. The van der Waals surface area contributed by atoms with Crippen LogP contribution in [0.15, 0.2) is 53.1 Å². The van der Waals surface area contributed by atoms with E-state index in [0.29, 0.717) is 32.6 Å². The molecule has 1 amide bonds. The molecule has 1 N–H and O–H groups in total. The molecule has 1 fully saturated rings. The van der Waals surface area contributed by atoms with Crippen molar-refractivity contribution in [3.8, 4) is 11.3 Å². The van der Waals surface area contributed by atoms with Crippen LogP contribution in [-0.4, -0.2) is 36.1 Å². The Hall–Kier alpha value is -2.34. The SMILES string of the molecule is Cc1onc(-c2c(Cl)cccc2Cl)c1C(=O)NC1CCC(c2ccccc2)(N(C)C)CC1. The lowest BCUT2D eigenvalue weighted by molar-refractivity contribution is 0.0758. The first-order valence-electron chi connectivity index (χ1n) is 10.8. The molecule has 1 heterocycles. The van der Waals surface area contributed by atoms with Crippen LogP contribution in [0, 0.1) is 6.92 Å². The minimum Gasteiger partial charge on any atom is -0.360 e. The van der Waals surface area contributed by atoms with E-state index in [9.17, 15) is 4.79 Å². The molecule has 1 aromatic heterocycles. The molecular formula is C25H27Cl2N3O2. The Labute approximate surface area is 198 Å². The quantitative estimate of drug-likeness (QED) is 0.489. The van der Waals surface area contributed by atoms with Crippen LogP contribution in [0.3, 0.4) is 0 Å². The highest BCUT2D eigenvalue weighted by molar-refractivity contribution is 6.39. The predicted octanol–water partition coefficient (Wildman–Crippen LogP) is 6.09. The van der Waals surface area contributed by atoms with Crippen molar-refractivity contribution in [3.63, 3.8) is 0 Å². The van der Waals surface area contributed by atoms with Crippen molar-refractivity contribution in [3.05, 3.63) is 75.5 Å². The smallest absolute Gasteiger partial charge is 0.257 e. The molecule has 7 heteroatoms. The summed E-state index contributed by atoms with van der Waals surface area (Å²) >= 11 is 12.7. The number of aromatic nitrogens is 1. The summed E-state index contributed by atoms with van der Waals surface area (Å²) in [6.45, 7) is 1.73. The molecule has 1 aliphatic rings. The zero-order chi connectivity index (χ0) is 22.9. The van der Waals surface area contributed by atoms with Crippen LogP contribution in [0.1, 0.15) is 47.4 Å². The molecule has 0 saturated heterocycles. The first-order chi connectivity index (χ1) is 15.3. The summed E-state index contributed by atoms with van der Waals surface area (Å²) in [6.07, 6.45) is 3.68. The minimum atomic E-state index is -0.211. The molecule has 0 spiro atoms. The zero-order valence-electron chi connectivity index (χ0n) is 18.5. The molecule has 1 saturated carbocycles. The maximum Gasteiger partial charge on any atom is 0.257 e. The number of amides is 1. The standard InChI is InChI=1S/C25H27Cl2N3O2/c1-16-21(23(29-32-16)22-19(26)10-7-11-20(22)27)24(31)28-18-12-14-25(15-13-18,30(2)3)17-8-5-4-6-9-17/h4-11,18H,12-15H2,1-3H3,(H,28,31). The number of carbonyl (C=O) groups excluding carboxylic acids is 1. The average Bonchev–Trinajstić information content (AvgIpc) is 3.16. The van der Waals surface area contributed by atoms with Gasteiger partial charge < -0.3 is 9.84 Å². The van der Waals surface area contributed by atoms with E-state index in [4.69, 9.17) is 27.7 Å². The number of halogens is 2. The molecule has 4 rings (SSSR count). The number of carbonyl (C=O) groups is 1. The fourth-order valence-electron chi connectivity index (χ4n) is 4.77. The molecule has 3 aromatic rings. The first-order valence-corrected chi connectivity index (χ1v) is 11.5. The van der Waals surface area contributed by atoms with Gasteiger partial charge in [-0.1, -0.05) is 64.8 Å². The molecule has 0 atom stereocenters. The number of rotatable bonds is 5. The third-order valence-electron chi connectivity index (χ3n) is 6.60. The van der Waals surface area contributed by atoms with Gasteiger partial charge in [-0.3, -0.25) is 9.69 Å². The molecule has 0 unspecified atom stereocenters. The van der Waals surface area contributed by atoms with Crippen molar-refractivity contribution in [2.24, 2.45) is 0 Å². The van der Waals surface area contributed by atoms with Crippen molar-refractivity contribution in [2.45, 2.75) is 44.2 Å². The highest BCUT2D eigenvalue weighted by Crippen LogP contribution is 2.41. The van der Waals surface area contributed by atoms with Crippen LogP contribution in [-0.2, 0) is 5.54 Å². The van der Waals surface area contributed by atoms with Crippen molar-refractivity contribution in [2.75, 3.05) is 14.1 Å². The van der Waals surface area contributed by atoms with Gasteiger partial charge in [0.25, 0.3) is 5.91 Å². The maximum absolute atomic E-state index is 13.3. The lowest BCUT2D eigenvalue weighted by atomic mass is 9.74. The molecule has 32 heavy (non-hydrogen) atoms.